The maximum Gasteiger partial charge on any atom is 0.123 e. The van der Waals surface area contributed by atoms with Crippen LogP contribution in [0.2, 0.25) is 0 Å². The molecule has 24 heavy (non-hydrogen) atoms. The molecule has 2 aromatic rings. The molecular formula is C23H23F. The smallest absolute Gasteiger partial charge is 0.123 e. The van der Waals surface area contributed by atoms with Gasteiger partial charge in [-0.3, -0.25) is 0 Å². The Morgan fingerprint density at radius 3 is 2.38 bits per heavy atom. The molecule has 0 fully saturated rings. The van der Waals surface area contributed by atoms with Gasteiger partial charge in [0.1, 0.15) is 5.82 Å². The highest BCUT2D eigenvalue weighted by atomic mass is 19.1. The van der Waals surface area contributed by atoms with Crippen LogP contribution in [-0.4, -0.2) is 0 Å². The van der Waals surface area contributed by atoms with Crippen LogP contribution in [-0.2, 0) is 6.42 Å². The average Bonchev–Trinajstić information content (AvgIpc) is 2.61. The molecule has 1 atom stereocenters. The number of aryl methyl sites for hydroxylation is 1. The van der Waals surface area contributed by atoms with Gasteiger partial charge in [0.2, 0.25) is 0 Å². The highest BCUT2D eigenvalue weighted by Crippen LogP contribution is 2.33. The molecule has 0 saturated carbocycles. The lowest BCUT2D eigenvalue weighted by molar-refractivity contribution is 0.626. The van der Waals surface area contributed by atoms with Gasteiger partial charge in [0.05, 0.1) is 0 Å². The molecule has 1 unspecified atom stereocenters. The van der Waals surface area contributed by atoms with Crippen LogP contribution in [0.15, 0.2) is 90.0 Å². The van der Waals surface area contributed by atoms with Crippen molar-refractivity contribution in [1.29, 1.82) is 0 Å². The van der Waals surface area contributed by atoms with Crippen LogP contribution in [0.25, 0.3) is 0 Å². The van der Waals surface area contributed by atoms with Crippen molar-refractivity contribution in [1.82, 2.24) is 0 Å². The van der Waals surface area contributed by atoms with Gasteiger partial charge in [-0.25, -0.2) is 4.39 Å². The zero-order chi connectivity index (χ0) is 16.9. The summed E-state index contributed by atoms with van der Waals surface area (Å²) in [5.74, 6) is 0.102. The molecule has 1 aliphatic carbocycles. The van der Waals surface area contributed by atoms with E-state index in [-0.39, 0.29) is 11.7 Å². The number of halogens is 1. The van der Waals surface area contributed by atoms with E-state index in [1.165, 1.54) is 28.8 Å². The second-order valence-electron chi connectivity index (χ2n) is 6.44. The van der Waals surface area contributed by atoms with Crippen molar-refractivity contribution >= 4 is 0 Å². The summed E-state index contributed by atoms with van der Waals surface area (Å²) in [6.07, 6.45) is 7.54. The lowest BCUT2D eigenvalue weighted by atomic mass is 9.84. The van der Waals surface area contributed by atoms with E-state index in [9.17, 15) is 4.39 Å². The molecule has 0 N–H and O–H groups in total. The molecule has 0 saturated heterocycles. The molecule has 0 nitrogen and oxygen atoms in total. The predicted octanol–water partition coefficient (Wildman–Crippen LogP) is 6.37. The maximum absolute atomic E-state index is 13.1. The van der Waals surface area contributed by atoms with Crippen molar-refractivity contribution in [2.75, 3.05) is 0 Å². The topological polar surface area (TPSA) is 0 Å². The Labute approximate surface area is 144 Å². The van der Waals surface area contributed by atoms with Crippen molar-refractivity contribution in [3.8, 4) is 0 Å². The van der Waals surface area contributed by atoms with Crippen LogP contribution in [0.1, 0.15) is 36.8 Å². The first kappa shape index (κ1) is 16.4. The van der Waals surface area contributed by atoms with Gasteiger partial charge in [0, 0.05) is 5.92 Å². The molecular weight excluding hydrogens is 295 g/mol. The minimum Gasteiger partial charge on any atom is -0.207 e. The summed E-state index contributed by atoms with van der Waals surface area (Å²) >= 11 is 0. The van der Waals surface area contributed by atoms with E-state index in [1.54, 1.807) is 0 Å². The van der Waals surface area contributed by atoms with Gasteiger partial charge in [-0.05, 0) is 53.7 Å². The second-order valence-corrected chi connectivity index (χ2v) is 6.44. The molecule has 0 spiro atoms. The van der Waals surface area contributed by atoms with E-state index >= 15 is 0 Å². The molecule has 0 aliphatic heterocycles. The minimum atomic E-state index is -0.184. The lowest BCUT2D eigenvalue weighted by Gasteiger charge is -2.21. The average molecular weight is 318 g/mol. The van der Waals surface area contributed by atoms with Gasteiger partial charge < -0.3 is 0 Å². The van der Waals surface area contributed by atoms with E-state index in [2.05, 4.69) is 49.9 Å². The van der Waals surface area contributed by atoms with Crippen LogP contribution < -0.4 is 0 Å². The Morgan fingerprint density at radius 2 is 1.71 bits per heavy atom. The lowest BCUT2D eigenvalue weighted by Crippen LogP contribution is -2.04. The number of benzene rings is 2. The third-order valence-electron chi connectivity index (χ3n) is 4.81. The fourth-order valence-electron chi connectivity index (χ4n) is 3.20. The maximum atomic E-state index is 13.1. The van der Waals surface area contributed by atoms with E-state index < -0.39 is 0 Å². The third-order valence-corrected chi connectivity index (χ3v) is 4.81. The highest BCUT2D eigenvalue weighted by molar-refractivity contribution is 5.47. The Hall–Kier alpha value is -2.41. The Morgan fingerprint density at radius 1 is 1.00 bits per heavy atom. The fourth-order valence-corrected chi connectivity index (χ4v) is 3.20. The summed E-state index contributed by atoms with van der Waals surface area (Å²) < 4.78 is 13.1. The van der Waals surface area contributed by atoms with Crippen LogP contribution in [0, 0.1) is 5.82 Å². The summed E-state index contributed by atoms with van der Waals surface area (Å²) in [5.41, 5.74) is 6.31. The molecule has 0 bridgehead atoms. The molecule has 2 aromatic carbocycles. The first-order valence-corrected chi connectivity index (χ1v) is 8.51. The number of hydrogen-bond donors (Lipinski definition) is 0. The van der Waals surface area contributed by atoms with E-state index in [0.29, 0.717) is 0 Å². The first-order chi connectivity index (χ1) is 11.6. The Balaban J connectivity index is 1.64. The predicted molar refractivity (Wildman–Crippen MR) is 99.5 cm³/mol. The summed E-state index contributed by atoms with van der Waals surface area (Å²) in [5, 5.41) is 0. The normalized spacial score (nSPS) is 15.7. The molecule has 1 heteroatoms. The first-order valence-electron chi connectivity index (χ1n) is 8.51. The highest BCUT2D eigenvalue weighted by Gasteiger charge is 2.16. The van der Waals surface area contributed by atoms with E-state index in [4.69, 9.17) is 0 Å². The summed E-state index contributed by atoms with van der Waals surface area (Å²) in [6, 6.07) is 17.4. The van der Waals surface area contributed by atoms with Crippen LogP contribution in [0.4, 0.5) is 4.39 Å². The summed E-state index contributed by atoms with van der Waals surface area (Å²) in [7, 11) is 0. The summed E-state index contributed by atoms with van der Waals surface area (Å²) in [6.45, 7) is 6.42. The Kier molecular flexibility index (Phi) is 5.10. The second kappa shape index (κ2) is 7.44. The molecule has 0 amide bonds. The SMILES string of the molecule is C=C1C=C(C(C)c2ccc(F)cc2)CC=C1CCc1ccccc1. The van der Waals surface area contributed by atoms with Gasteiger partial charge in [-0.2, -0.15) is 0 Å². The van der Waals surface area contributed by atoms with Gasteiger partial charge in [0.15, 0.2) is 0 Å². The molecule has 0 heterocycles. The van der Waals surface area contributed by atoms with Crippen molar-refractivity contribution in [2.24, 2.45) is 0 Å². The molecule has 122 valence electrons. The number of hydrogen-bond acceptors (Lipinski definition) is 0. The van der Waals surface area contributed by atoms with Crippen molar-refractivity contribution in [3.05, 3.63) is 107 Å². The van der Waals surface area contributed by atoms with Crippen LogP contribution in [0.5, 0.6) is 0 Å². The van der Waals surface area contributed by atoms with Gasteiger partial charge in [-0.15, -0.1) is 0 Å². The minimum absolute atomic E-state index is 0.184. The van der Waals surface area contributed by atoms with Crippen LogP contribution >= 0.6 is 0 Å². The fraction of sp³-hybridized carbons (Fsp3) is 0.217. The standard InChI is InChI=1S/C23H23F/c1-17-16-22(18(2)21-12-14-23(24)15-13-21)11-10-20(17)9-8-19-6-4-3-5-7-19/h3-7,10,12-16,18H,1,8-9,11H2,2H3. The molecule has 3 rings (SSSR count). The largest absolute Gasteiger partial charge is 0.207 e. The summed E-state index contributed by atoms with van der Waals surface area (Å²) in [4.78, 5) is 0. The van der Waals surface area contributed by atoms with Crippen molar-refractivity contribution in [3.63, 3.8) is 0 Å². The number of rotatable bonds is 5. The van der Waals surface area contributed by atoms with E-state index in [1.807, 2.05) is 18.2 Å². The van der Waals surface area contributed by atoms with Crippen LogP contribution in [0.3, 0.4) is 0 Å². The molecule has 1 aliphatic rings. The van der Waals surface area contributed by atoms with Crippen molar-refractivity contribution < 1.29 is 4.39 Å². The van der Waals surface area contributed by atoms with Gasteiger partial charge in [0.25, 0.3) is 0 Å². The third kappa shape index (κ3) is 3.91. The molecule has 0 aromatic heterocycles. The Bertz CT molecular complexity index is 763. The zero-order valence-electron chi connectivity index (χ0n) is 14.1. The number of allylic oxidation sites excluding steroid dienone is 5. The zero-order valence-corrected chi connectivity index (χ0v) is 14.1. The van der Waals surface area contributed by atoms with Gasteiger partial charge >= 0.3 is 0 Å². The van der Waals surface area contributed by atoms with E-state index in [0.717, 1.165) is 30.4 Å². The van der Waals surface area contributed by atoms with Gasteiger partial charge in [-0.1, -0.05) is 73.7 Å². The van der Waals surface area contributed by atoms with Crippen molar-refractivity contribution in [2.45, 2.75) is 32.1 Å². The monoisotopic (exact) mass is 318 g/mol. The molecule has 0 radical (unpaired) electrons. The quantitative estimate of drug-likeness (QED) is 0.600.